The lowest BCUT2D eigenvalue weighted by atomic mass is 10.1. The predicted molar refractivity (Wildman–Crippen MR) is 85.5 cm³/mol. The number of halogens is 1. The zero-order valence-electron chi connectivity index (χ0n) is 10.9. The van der Waals surface area contributed by atoms with Crippen molar-refractivity contribution in [3.8, 4) is 5.88 Å². The highest BCUT2D eigenvalue weighted by Gasteiger charge is 2.06. The first-order valence-corrected chi connectivity index (χ1v) is 6.71. The van der Waals surface area contributed by atoms with Gasteiger partial charge in [-0.2, -0.15) is 0 Å². The second-order valence-electron chi connectivity index (χ2n) is 4.11. The van der Waals surface area contributed by atoms with E-state index in [4.69, 9.17) is 34.3 Å². The number of pyridine rings is 1. The maximum atomic E-state index is 6.00. The molecule has 0 fully saturated rings. The molecule has 0 unspecified atom stereocenters. The van der Waals surface area contributed by atoms with E-state index in [-0.39, 0.29) is 0 Å². The molecule has 4 nitrogen and oxygen atoms in total. The average molecular weight is 308 g/mol. The Labute approximate surface area is 127 Å². The standard InChI is InChI=1S/C14H14ClN3OS/c1-19-13-6-9(4-5-17-13)8-18-12-7-10(15)2-3-11(12)14(16)20/h2-7,18H,8H2,1H3,(H2,16,20). The normalized spacial score (nSPS) is 10.1. The van der Waals surface area contributed by atoms with Gasteiger partial charge in [0.05, 0.1) is 7.11 Å². The van der Waals surface area contributed by atoms with Crippen LogP contribution < -0.4 is 15.8 Å². The number of methoxy groups -OCH3 is 1. The third kappa shape index (κ3) is 3.59. The summed E-state index contributed by atoms with van der Waals surface area (Å²) < 4.78 is 5.09. The summed E-state index contributed by atoms with van der Waals surface area (Å²) in [5.74, 6) is 0.574. The highest BCUT2D eigenvalue weighted by molar-refractivity contribution is 7.80. The molecule has 1 heterocycles. The van der Waals surface area contributed by atoms with Crippen LogP contribution in [-0.2, 0) is 6.54 Å². The molecule has 0 spiro atoms. The molecule has 20 heavy (non-hydrogen) atoms. The maximum absolute atomic E-state index is 6.00. The van der Waals surface area contributed by atoms with E-state index in [1.165, 1.54) is 0 Å². The summed E-state index contributed by atoms with van der Waals surface area (Å²) >= 11 is 11.0. The molecule has 2 rings (SSSR count). The van der Waals surface area contributed by atoms with E-state index in [2.05, 4.69) is 10.3 Å². The lowest BCUT2D eigenvalue weighted by Crippen LogP contribution is -2.13. The summed E-state index contributed by atoms with van der Waals surface area (Å²) in [6, 6.07) is 9.13. The number of benzene rings is 1. The van der Waals surface area contributed by atoms with Gasteiger partial charge in [-0.3, -0.25) is 0 Å². The van der Waals surface area contributed by atoms with Gasteiger partial charge in [-0.05, 0) is 29.8 Å². The van der Waals surface area contributed by atoms with E-state index in [0.717, 1.165) is 16.8 Å². The van der Waals surface area contributed by atoms with Gasteiger partial charge >= 0.3 is 0 Å². The van der Waals surface area contributed by atoms with Crippen LogP contribution in [0.1, 0.15) is 11.1 Å². The van der Waals surface area contributed by atoms with Crippen LogP contribution in [0.15, 0.2) is 36.5 Å². The van der Waals surface area contributed by atoms with Gasteiger partial charge in [-0.25, -0.2) is 4.98 Å². The van der Waals surface area contributed by atoms with Gasteiger partial charge in [0, 0.05) is 35.1 Å². The van der Waals surface area contributed by atoms with Crippen molar-refractivity contribution in [3.63, 3.8) is 0 Å². The van der Waals surface area contributed by atoms with Crippen molar-refractivity contribution < 1.29 is 4.74 Å². The summed E-state index contributed by atoms with van der Waals surface area (Å²) in [6.45, 7) is 0.592. The number of hydrogen-bond acceptors (Lipinski definition) is 4. The van der Waals surface area contributed by atoms with Gasteiger partial charge in [0.25, 0.3) is 0 Å². The van der Waals surface area contributed by atoms with Gasteiger partial charge in [0.1, 0.15) is 4.99 Å². The van der Waals surface area contributed by atoms with Crippen LogP contribution in [0.5, 0.6) is 5.88 Å². The number of ether oxygens (including phenoxy) is 1. The molecule has 0 amide bonds. The minimum absolute atomic E-state index is 0.330. The number of nitrogens with two attached hydrogens (primary N) is 1. The van der Waals surface area contributed by atoms with E-state index < -0.39 is 0 Å². The van der Waals surface area contributed by atoms with Crippen molar-refractivity contribution in [1.29, 1.82) is 0 Å². The minimum Gasteiger partial charge on any atom is -0.481 e. The molecule has 0 aliphatic rings. The Hall–Kier alpha value is -1.85. The van der Waals surface area contributed by atoms with Crippen LogP contribution in [0.25, 0.3) is 0 Å². The van der Waals surface area contributed by atoms with Crippen LogP contribution >= 0.6 is 23.8 Å². The van der Waals surface area contributed by atoms with Crippen molar-refractivity contribution in [1.82, 2.24) is 4.98 Å². The topological polar surface area (TPSA) is 60.2 Å². The maximum Gasteiger partial charge on any atom is 0.213 e. The monoisotopic (exact) mass is 307 g/mol. The molecule has 0 radical (unpaired) electrons. The number of aromatic nitrogens is 1. The third-order valence-corrected chi connectivity index (χ3v) is 3.19. The summed E-state index contributed by atoms with van der Waals surface area (Å²) in [5, 5.41) is 3.89. The largest absolute Gasteiger partial charge is 0.481 e. The number of nitrogens with one attached hydrogen (secondary N) is 1. The summed E-state index contributed by atoms with van der Waals surface area (Å²) in [5.41, 5.74) is 8.31. The molecule has 0 bridgehead atoms. The van der Waals surface area contributed by atoms with Gasteiger partial charge in [0.2, 0.25) is 5.88 Å². The Balaban J connectivity index is 2.17. The molecule has 6 heteroatoms. The summed E-state index contributed by atoms with van der Waals surface area (Å²) in [6.07, 6.45) is 1.70. The molecule has 1 aromatic carbocycles. The zero-order chi connectivity index (χ0) is 14.5. The number of hydrogen-bond donors (Lipinski definition) is 2. The van der Waals surface area contributed by atoms with E-state index >= 15 is 0 Å². The van der Waals surface area contributed by atoms with Crippen LogP contribution in [-0.4, -0.2) is 17.1 Å². The smallest absolute Gasteiger partial charge is 0.213 e. The SMILES string of the molecule is COc1cc(CNc2cc(Cl)ccc2C(N)=S)ccn1. The van der Waals surface area contributed by atoms with E-state index in [9.17, 15) is 0 Å². The van der Waals surface area contributed by atoms with Crippen LogP contribution in [0.2, 0.25) is 5.02 Å². The molecular weight excluding hydrogens is 294 g/mol. The highest BCUT2D eigenvalue weighted by atomic mass is 35.5. The molecule has 0 aliphatic carbocycles. The number of thiocarbonyl (C=S) groups is 1. The van der Waals surface area contributed by atoms with Crippen molar-refractivity contribution in [3.05, 3.63) is 52.7 Å². The lowest BCUT2D eigenvalue weighted by Gasteiger charge is -2.12. The average Bonchev–Trinajstić information content (AvgIpc) is 2.45. The van der Waals surface area contributed by atoms with Crippen LogP contribution in [0.3, 0.4) is 0 Å². The first-order valence-electron chi connectivity index (χ1n) is 5.92. The summed E-state index contributed by atoms with van der Waals surface area (Å²) in [4.78, 5) is 4.39. The molecule has 2 aromatic rings. The van der Waals surface area contributed by atoms with Crippen molar-refractivity contribution in [2.75, 3.05) is 12.4 Å². The second kappa shape index (κ2) is 6.54. The Morgan fingerprint density at radius 1 is 1.40 bits per heavy atom. The van der Waals surface area contributed by atoms with Gasteiger partial charge < -0.3 is 15.8 Å². The number of nitrogens with zero attached hydrogens (tertiary/aromatic N) is 1. The zero-order valence-corrected chi connectivity index (χ0v) is 12.5. The minimum atomic E-state index is 0.330. The van der Waals surface area contributed by atoms with Crippen molar-refractivity contribution >= 4 is 34.5 Å². The first-order chi connectivity index (χ1) is 9.60. The molecule has 3 N–H and O–H groups in total. The Morgan fingerprint density at radius 2 is 2.20 bits per heavy atom. The van der Waals surface area contributed by atoms with Gasteiger partial charge in [-0.1, -0.05) is 23.8 Å². The molecule has 1 aromatic heterocycles. The fraction of sp³-hybridized carbons (Fsp3) is 0.143. The van der Waals surface area contributed by atoms with E-state index in [1.54, 1.807) is 31.5 Å². The van der Waals surface area contributed by atoms with Crippen molar-refractivity contribution in [2.45, 2.75) is 6.54 Å². The molecule has 0 saturated heterocycles. The van der Waals surface area contributed by atoms with Gasteiger partial charge in [0.15, 0.2) is 0 Å². The molecule has 104 valence electrons. The van der Waals surface area contributed by atoms with E-state index in [0.29, 0.717) is 22.4 Å². The lowest BCUT2D eigenvalue weighted by molar-refractivity contribution is 0.397. The molecule has 0 saturated carbocycles. The quantitative estimate of drug-likeness (QED) is 0.832. The van der Waals surface area contributed by atoms with Gasteiger partial charge in [-0.15, -0.1) is 0 Å². The van der Waals surface area contributed by atoms with Crippen LogP contribution in [0, 0.1) is 0 Å². The highest BCUT2D eigenvalue weighted by Crippen LogP contribution is 2.22. The van der Waals surface area contributed by atoms with Crippen LogP contribution in [0.4, 0.5) is 5.69 Å². The fourth-order valence-corrected chi connectivity index (χ4v) is 2.10. The molecule has 0 aliphatic heterocycles. The molecular formula is C14H14ClN3OS. The number of rotatable bonds is 5. The summed E-state index contributed by atoms with van der Waals surface area (Å²) in [7, 11) is 1.58. The Morgan fingerprint density at radius 3 is 2.90 bits per heavy atom. The Kier molecular flexibility index (Phi) is 4.76. The second-order valence-corrected chi connectivity index (χ2v) is 4.99. The van der Waals surface area contributed by atoms with Crippen molar-refractivity contribution in [2.24, 2.45) is 5.73 Å². The first kappa shape index (κ1) is 14.6. The fourth-order valence-electron chi connectivity index (χ4n) is 1.75. The predicted octanol–water partition coefficient (Wildman–Crippen LogP) is 2.99. The van der Waals surface area contributed by atoms with E-state index in [1.807, 2.05) is 12.1 Å². The number of anilines is 1. The Bertz CT molecular complexity index is 634. The molecule has 0 atom stereocenters. The third-order valence-electron chi connectivity index (χ3n) is 2.74.